The predicted octanol–water partition coefficient (Wildman–Crippen LogP) is 1.98. The molecule has 5 heteroatoms. The Labute approximate surface area is 98.7 Å². The van der Waals surface area contributed by atoms with Crippen molar-refractivity contribution in [3.05, 3.63) is 42.6 Å². The topological polar surface area (TPSA) is 80.0 Å². The van der Waals surface area contributed by atoms with Crippen LogP contribution in [-0.2, 0) is 4.79 Å². The maximum atomic E-state index is 10.3. The van der Waals surface area contributed by atoms with Gasteiger partial charge < -0.3 is 16.4 Å². The van der Waals surface area contributed by atoms with Crippen LogP contribution in [-0.4, -0.2) is 11.4 Å². The zero-order valence-electron chi connectivity index (χ0n) is 9.05. The van der Waals surface area contributed by atoms with Crippen LogP contribution in [0, 0.1) is 0 Å². The monoisotopic (exact) mass is 228 g/mol. The van der Waals surface area contributed by atoms with Gasteiger partial charge in [-0.1, -0.05) is 6.07 Å². The van der Waals surface area contributed by atoms with Crippen molar-refractivity contribution in [3.63, 3.8) is 0 Å². The molecule has 0 fully saturated rings. The summed E-state index contributed by atoms with van der Waals surface area (Å²) < 4.78 is 0. The van der Waals surface area contributed by atoms with Gasteiger partial charge in [0, 0.05) is 29.3 Å². The standard InChI is InChI=1S/C12H12N4O/c13-12-7-11(4-5-14-12)16-10-3-1-2-9(6-10)15-8-17/h1-8H,(H,15,17)(H3,13,14,16). The molecule has 0 aliphatic rings. The third-order valence-corrected chi connectivity index (χ3v) is 2.16. The van der Waals surface area contributed by atoms with Gasteiger partial charge in [-0.3, -0.25) is 4.79 Å². The van der Waals surface area contributed by atoms with Crippen LogP contribution in [0.1, 0.15) is 0 Å². The third kappa shape index (κ3) is 2.94. The molecule has 2 aromatic rings. The molecular formula is C12H12N4O. The smallest absolute Gasteiger partial charge is 0.211 e. The van der Waals surface area contributed by atoms with Gasteiger partial charge >= 0.3 is 0 Å². The minimum atomic E-state index is 0.456. The summed E-state index contributed by atoms with van der Waals surface area (Å²) in [4.78, 5) is 14.2. The van der Waals surface area contributed by atoms with Crippen molar-refractivity contribution in [3.8, 4) is 0 Å². The molecule has 0 spiro atoms. The Kier molecular flexibility index (Phi) is 3.20. The molecule has 2 rings (SSSR count). The van der Waals surface area contributed by atoms with Crippen LogP contribution in [0.15, 0.2) is 42.6 Å². The first-order chi connectivity index (χ1) is 8.28. The number of aromatic nitrogens is 1. The number of carbonyl (C=O) groups excluding carboxylic acids is 1. The average molecular weight is 228 g/mol. The van der Waals surface area contributed by atoms with E-state index in [-0.39, 0.29) is 0 Å². The van der Waals surface area contributed by atoms with Crippen molar-refractivity contribution in [1.29, 1.82) is 0 Å². The van der Waals surface area contributed by atoms with Gasteiger partial charge in [0.15, 0.2) is 0 Å². The lowest BCUT2D eigenvalue weighted by molar-refractivity contribution is -0.105. The van der Waals surface area contributed by atoms with E-state index < -0.39 is 0 Å². The summed E-state index contributed by atoms with van der Waals surface area (Å²) in [5, 5.41) is 5.76. The van der Waals surface area contributed by atoms with Crippen molar-refractivity contribution in [2.75, 3.05) is 16.4 Å². The number of anilines is 4. The molecule has 0 radical (unpaired) electrons. The molecule has 5 nitrogen and oxygen atoms in total. The number of rotatable bonds is 4. The van der Waals surface area contributed by atoms with Crippen LogP contribution >= 0.6 is 0 Å². The van der Waals surface area contributed by atoms with Gasteiger partial charge in [-0.2, -0.15) is 0 Å². The molecular weight excluding hydrogens is 216 g/mol. The van der Waals surface area contributed by atoms with E-state index >= 15 is 0 Å². The zero-order valence-corrected chi connectivity index (χ0v) is 9.05. The van der Waals surface area contributed by atoms with Crippen LogP contribution in [0.4, 0.5) is 22.9 Å². The van der Waals surface area contributed by atoms with Gasteiger partial charge in [-0.15, -0.1) is 0 Å². The number of nitrogen functional groups attached to an aromatic ring is 1. The Morgan fingerprint density at radius 1 is 1.12 bits per heavy atom. The van der Waals surface area contributed by atoms with E-state index in [1.54, 1.807) is 18.3 Å². The van der Waals surface area contributed by atoms with E-state index in [1.807, 2.05) is 24.3 Å². The Balaban J connectivity index is 2.18. The molecule has 86 valence electrons. The van der Waals surface area contributed by atoms with Gasteiger partial charge in [0.2, 0.25) is 6.41 Å². The van der Waals surface area contributed by atoms with E-state index in [4.69, 9.17) is 5.73 Å². The molecule has 1 aromatic heterocycles. The summed E-state index contributed by atoms with van der Waals surface area (Å²) in [6.45, 7) is 0. The van der Waals surface area contributed by atoms with Crippen molar-refractivity contribution in [1.82, 2.24) is 4.98 Å². The van der Waals surface area contributed by atoms with Crippen molar-refractivity contribution in [2.45, 2.75) is 0 Å². The summed E-state index contributed by atoms with van der Waals surface area (Å²) in [5.74, 6) is 0.456. The highest BCUT2D eigenvalue weighted by molar-refractivity contribution is 5.74. The molecule has 1 amide bonds. The molecule has 1 heterocycles. The van der Waals surface area contributed by atoms with Gasteiger partial charge in [0.25, 0.3) is 0 Å². The van der Waals surface area contributed by atoms with Crippen LogP contribution < -0.4 is 16.4 Å². The number of hydrogen-bond acceptors (Lipinski definition) is 4. The SMILES string of the molecule is Nc1cc(Nc2cccc(NC=O)c2)ccn1. The summed E-state index contributed by atoms with van der Waals surface area (Å²) in [5.41, 5.74) is 8.02. The highest BCUT2D eigenvalue weighted by Crippen LogP contribution is 2.20. The van der Waals surface area contributed by atoms with E-state index in [1.165, 1.54) is 0 Å². The predicted molar refractivity (Wildman–Crippen MR) is 68.1 cm³/mol. The number of amides is 1. The second kappa shape index (κ2) is 4.98. The van der Waals surface area contributed by atoms with Crippen molar-refractivity contribution >= 4 is 29.3 Å². The second-order valence-electron chi connectivity index (χ2n) is 3.44. The Morgan fingerprint density at radius 2 is 1.88 bits per heavy atom. The van der Waals surface area contributed by atoms with E-state index in [0.717, 1.165) is 17.1 Å². The maximum absolute atomic E-state index is 10.3. The summed E-state index contributed by atoms with van der Waals surface area (Å²) >= 11 is 0. The quantitative estimate of drug-likeness (QED) is 0.699. The minimum absolute atomic E-state index is 0.456. The summed E-state index contributed by atoms with van der Waals surface area (Å²) in [6.07, 6.45) is 2.27. The van der Waals surface area contributed by atoms with E-state index in [2.05, 4.69) is 15.6 Å². The number of nitrogens with zero attached hydrogens (tertiary/aromatic N) is 1. The lowest BCUT2D eigenvalue weighted by atomic mass is 10.2. The second-order valence-corrected chi connectivity index (χ2v) is 3.44. The largest absolute Gasteiger partial charge is 0.384 e. The van der Waals surface area contributed by atoms with Gasteiger partial charge in [0.05, 0.1) is 0 Å². The number of carbonyl (C=O) groups is 1. The van der Waals surface area contributed by atoms with Crippen LogP contribution in [0.5, 0.6) is 0 Å². The Hall–Kier alpha value is -2.56. The van der Waals surface area contributed by atoms with Crippen LogP contribution in [0.2, 0.25) is 0 Å². The molecule has 0 atom stereocenters. The fourth-order valence-electron chi connectivity index (χ4n) is 1.45. The molecule has 17 heavy (non-hydrogen) atoms. The Bertz CT molecular complexity index is 527. The van der Waals surface area contributed by atoms with Crippen LogP contribution in [0.3, 0.4) is 0 Å². The molecule has 0 saturated carbocycles. The number of benzene rings is 1. The highest BCUT2D eigenvalue weighted by Gasteiger charge is 1.97. The average Bonchev–Trinajstić information content (AvgIpc) is 2.30. The molecule has 0 unspecified atom stereocenters. The first kappa shape index (κ1) is 10.9. The van der Waals surface area contributed by atoms with Gasteiger partial charge in [0.1, 0.15) is 5.82 Å². The molecule has 0 aliphatic heterocycles. The summed E-state index contributed by atoms with van der Waals surface area (Å²) in [6, 6.07) is 10.9. The van der Waals surface area contributed by atoms with Crippen molar-refractivity contribution < 1.29 is 4.79 Å². The molecule has 4 N–H and O–H groups in total. The maximum Gasteiger partial charge on any atom is 0.211 e. The first-order valence-corrected chi connectivity index (χ1v) is 5.07. The normalized spacial score (nSPS) is 9.65. The lowest BCUT2D eigenvalue weighted by Crippen LogP contribution is -1.96. The third-order valence-electron chi connectivity index (χ3n) is 2.16. The van der Waals surface area contributed by atoms with E-state index in [9.17, 15) is 4.79 Å². The first-order valence-electron chi connectivity index (χ1n) is 5.07. The molecule has 0 bridgehead atoms. The molecule has 1 aromatic carbocycles. The number of hydrogen-bond donors (Lipinski definition) is 3. The minimum Gasteiger partial charge on any atom is -0.384 e. The zero-order chi connectivity index (χ0) is 12.1. The Morgan fingerprint density at radius 3 is 2.65 bits per heavy atom. The van der Waals surface area contributed by atoms with Crippen molar-refractivity contribution in [2.24, 2.45) is 0 Å². The highest BCUT2D eigenvalue weighted by atomic mass is 16.1. The summed E-state index contributed by atoms with van der Waals surface area (Å²) in [7, 11) is 0. The van der Waals surface area contributed by atoms with Crippen LogP contribution in [0.25, 0.3) is 0 Å². The van der Waals surface area contributed by atoms with Gasteiger partial charge in [-0.25, -0.2) is 4.98 Å². The fourth-order valence-corrected chi connectivity index (χ4v) is 1.45. The lowest BCUT2D eigenvalue weighted by Gasteiger charge is -2.08. The molecule has 0 aliphatic carbocycles. The van der Waals surface area contributed by atoms with Gasteiger partial charge in [-0.05, 0) is 24.3 Å². The number of nitrogens with one attached hydrogen (secondary N) is 2. The number of pyridine rings is 1. The number of nitrogens with two attached hydrogens (primary N) is 1. The fraction of sp³-hybridized carbons (Fsp3) is 0. The van der Waals surface area contributed by atoms with E-state index in [0.29, 0.717) is 12.2 Å². The molecule has 0 saturated heterocycles.